The number of para-hydroxylation sites is 1. The van der Waals surface area contributed by atoms with Crippen molar-refractivity contribution in [2.45, 2.75) is 38.4 Å². The Morgan fingerprint density at radius 1 is 1.39 bits per heavy atom. The Morgan fingerprint density at radius 3 is 2.72 bits per heavy atom. The van der Waals surface area contributed by atoms with Gasteiger partial charge in [-0.2, -0.15) is 5.10 Å². The van der Waals surface area contributed by atoms with Gasteiger partial charge >= 0.3 is 0 Å². The van der Waals surface area contributed by atoms with Crippen molar-refractivity contribution in [3.63, 3.8) is 0 Å². The summed E-state index contributed by atoms with van der Waals surface area (Å²) in [6.45, 7) is 3.52. The normalized spacial score (nSPS) is 16.7. The van der Waals surface area contributed by atoms with E-state index in [2.05, 4.69) is 5.10 Å². The van der Waals surface area contributed by atoms with Crippen molar-refractivity contribution in [1.29, 1.82) is 0 Å². The number of hydrogen-bond donors (Lipinski definition) is 2. The van der Waals surface area contributed by atoms with E-state index in [1.807, 2.05) is 38.2 Å². The average Bonchev–Trinajstić information content (AvgIpc) is 2.67. The van der Waals surface area contributed by atoms with E-state index >= 15 is 0 Å². The van der Waals surface area contributed by atoms with Crippen LogP contribution >= 0.6 is 0 Å². The fourth-order valence-corrected chi connectivity index (χ4v) is 2.08. The monoisotopic (exact) mass is 248 g/mol. The van der Waals surface area contributed by atoms with Crippen LogP contribution in [0.4, 0.5) is 0 Å². The maximum atomic E-state index is 10.1. The molecule has 0 bridgehead atoms. The predicted molar refractivity (Wildman–Crippen MR) is 71.3 cm³/mol. The van der Waals surface area contributed by atoms with Gasteiger partial charge in [-0.1, -0.05) is 25.1 Å². The second-order valence-electron chi connectivity index (χ2n) is 5.02. The van der Waals surface area contributed by atoms with Crippen molar-refractivity contribution in [1.82, 2.24) is 9.78 Å². The molecule has 0 fully saturated rings. The molecule has 2 rings (SSSR count). The fourth-order valence-electron chi connectivity index (χ4n) is 2.08. The lowest BCUT2D eigenvalue weighted by molar-refractivity contribution is -0.0632. The van der Waals surface area contributed by atoms with E-state index in [1.54, 1.807) is 11.6 Å². The Balaban J connectivity index is 2.33. The highest BCUT2D eigenvalue weighted by atomic mass is 16.3. The van der Waals surface area contributed by atoms with Crippen LogP contribution in [0.2, 0.25) is 0 Å². The number of rotatable bonds is 4. The van der Waals surface area contributed by atoms with Gasteiger partial charge < -0.3 is 10.2 Å². The molecule has 0 saturated heterocycles. The lowest BCUT2D eigenvalue weighted by Gasteiger charge is -2.27. The summed E-state index contributed by atoms with van der Waals surface area (Å²) in [7, 11) is 1.89. The van der Waals surface area contributed by atoms with Crippen LogP contribution < -0.4 is 0 Å². The first-order chi connectivity index (χ1) is 8.45. The van der Waals surface area contributed by atoms with E-state index < -0.39 is 11.7 Å². The molecule has 4 heteroatoms. The van der Waals surface area contributed by atoms with Crippen molar-refractivity contribution in [2.24, 2.45) is 7.05 Å². The molecule has 0 saturated carbocycles. The SMILES string of the molecule is CCC(C)(O)C(O)Cc1nn(C)c2ccccc12. The average molecular weight is 248 g/mol. The number of fused-ring (bicyclic) bond motifs is 1. The topological polar surface area (TPSA) is 58.3 Å². The van der Waals surface area contributed by atoms with Gasteiger partial charge in [-0.3, -0.25) is 4.68 Å². The van der Waals surface area contributed by atoms with Crippen molar-refractivity contribution in [2.75, 3.05) is 0 Å². The van der Waals surface area contributed by atoms with E-state index in [0.29, 0.717) is 12.8 Å². The first-order valence-electron chi connectivity index (χ1n) is 6.26. The van der Waals surface area contributed by atoms with Crippen LogP contribution in [-0.2, 0) is 13.5 Å². The van der Waals surface area contributed by atoms with Crippen LogP contribution in [0.5, 0.6) is 0 Å². The second-order valence-corrected chi connectivity index (χ2v) is 5.02. The molecule has 4 nitrogen and oxygen atoms in total. The summed E-state index contributed by atoms with van der Waals surface area (Å²) >= 11 is 0. The quantitative estimate of drug-likeness (QED) is 0.864. The molecule has 0 aliphatic heterocycles. The molecule has 0 amide bonds. The Hall–Kier alpha value is -1.39. The molecule has 2 aromatic rings. The molecule has 18 heavy (non-hydrogen) atoms. The van der Waals surface area contributed by atoms with Gasteiger partial charge in [0.15, 0.2) is 0 Å². The number of aryl methyl sites for hydroxylation is 1. The van der Waals surface area contributed by atoms with Crippen LogP contribution in [0.3, 0.4) is 0 Å². The van der Waals surface area contributed by atoms with Crippen molar-refractivity contribution in [3.05, 3.63) is 30.0 Å². The van der Waals surface area contributed by atoms with E-state index in [4.69, 9.17) is 0 Å². The lowest BCUT2D eigenvalue weighted by atomic mass is 9.92. The highest BCUT2D eigenvalue weighted by molar-refractivity contribution is 5.81. The summed E-state index contributed by atoms with van der Waals surface area (Å²) in [6, 6.07) is 7.91. The first-order valence-corrected chi connectivity index (χ1v) is 6.26. The highest BCUT2D eigenvalue weighted by Gasteiger charge is 2.29. The maximum absolute atomic E-state index is 10.1. The van der Waals surface area contributed by atoms with E-state index in [0.717, 1.165) is 16.6 Å². The summed E-state index contributed by atoms with van der Waals surface area (Å²) < 4.78 is 1.80. The summed E-state index contributed by atoms with van der Waals surface area (Å²) in [5, 5.41) is 25.6. The molecule has 1 heterocycles. The molecule has 2 atom stereocenters. The molecule has 0 aliphatic rings. The molecule has 0 aliphatic carbocycles. The zero-order valence-corrected chi connectivity index (χ0v) is 11.1. The minimum absolute atomic E-state index is 0.363. The molecule has 0 radical (unpaired) electrons. The maximum Gasteiger partial charge on any atom is 0.0880 e. The van der Waals surface area contributed by atoms with Gasteiger partial charge in [0.1, 0.15) is 0 Å². The van der Waals surface area contributed by atoms with Crippen LogP contribution in [0.15, 0.2) is 24.3 Å². The second kappa shape index (κ2) is 4.71. The van der Waals surface area contributed by atoms with E-state index in [1.165, 1.54) is 0 Å². The summed E-state index contributed by atoms with van der Waals surface area (Å²) in [5.74, 6) is 0. The van der Waals surface area contributed by atoms with Gasteiger partial charge in [0.2, 0.25) is 0 Å². The van der Waals surface area contributed by atoms with Gasteiger partial charge in [0.05, 0.1) is 22.9 Å². The lowest BCUT2D eigenvalue weighted by Crippen LogP contribution is -2.40. The van der Waals surface area contributed by atoms with E-state index in [9.17, 15) is 10.2 Å². The Bertz CT molecular complexity index is 546. The van der Waals surface area contributed by atoms with Gasteiger partial charge in [-0.25, -0.2) is 0 Å². The Kier molecular flexibility index (Phi) is 3.41. The summed E-state index contributed by atoms with van der Waals surface area (Å²) in [4.78, 5) is 0. The van der Waals surface area contributed by atoms with Crippen molar-refractivity contribution in [3.8, 4) is 0 Å². The molecule has 1 aromatic heterocycles. The number of aromatic nitrogens is 2. The number of nitrogens with zero attached hydrogens (tertiary/aromatic N) is 2. The minimum atomic E-state index is -1.07. The smallest absolute Gasteiger partial charge is 0.0880 e. The summed E-state index contributed by atoms with van der Waals surface area (Å²) in [6.07, 6.45) is 0.0713. The standard InChI is InChI=1S/C14H20N2O2/c1-4-14(2,18)13(17)9-11-10-7-5-6-8-12(10)16(3)15-11/h5-8,13,17-18H,4,9H2,1-3H3. The number of aliphatic hydroxyl groups excluding tert-OH is 1. The molecule has 2 N–H and O–H groups in total. The van der Waals surface area contributed by atoms with Crippen LogP contribution in [0.1, 0.15) is 26.0 Å². The number of hydrogen-bond acceptors (Lipinski definition) is 3. The zero-order chi connectivity index (χ0) is 13.3. The van der Waals surface area contributed by atoms with Gasteiger partial charge in [0.25, 0.3) is 0 Å². The first kappa shape index (κ1) is 13.1. The van der Waals surface area contributed by atoms with E-state index in [-0.39, 0.29) is 0 Å². The Morgan fingerprint density at radius 2 is 2.06 bits per heavy atom. The highest BCUT2D eigenvalue weighted by Crippen LogP contribution is 2.23. The van der Waals surface area contributed by atoms with Gasteiger partial charge in [0, 0.05) is 18.9 Å². The van der Waals surface area contributed by atoms with Crippen LogP contribution in [0, 0.1) is 0 Å². The zero-order valence-electron chi connectivity index (χ0n) is 11.1. The van der Waals surface area contributed by atoms with Crippen molar-refractivity contribution < 1.29 is 10.2 Å². The minimum Gasteiger partial charge on any atom is -0.390 e. The van der Waals surface area contributed by atoms with Crippen molar-refractivity contribution >= 4 is 10.9 Å². The number of benzene rings is 1. The largest absolute Gasteiger partial charge is 0.390 e. The Labute approximate surface area is 107 Å². The fraction of sp³-hybridized carbons (Fsp3) is 0.500. The molecular weight excluding hydrogens is 228 g/mol. The third-order valence-electron chi connectivity index (χ3n) is 3.65. The third-order valence-corrected chi connectivity index (χ3v) is 3.65. The summed E-state index contributed by atoms with van der Waals surface area (Å²) in [5.41, 5.74) is 0.795. The van der Waals surface area contributed by atoms with Crippen LogP contribution in [0.25, 0.3) is 10.9 Å². The third kappa shape index (κ3) is 2.26. The predicted octanol–water partition coefficient (Wildman–Crippen LogP) is 1.64. The molecule has 0 spiro atoms. The van der Waals surface area contributed by atoms with Crippen LogP contribution in [-0.4, -0.2) is 31.7 Å². The molecular formula is C14H20N2O2. The number of aliphatic hydroxyl groups is 2. The molecule has 2 unspecified atom stereocenters. The van der Waals surface area contributed by atoms with Gasteiger partial charge in [-0.15, -0.1) is 0 Å². The molecule has 98 valence electrons. The molecule has 1 aromatic carbocycles. The van der Waals surface area contributed by atoms with Gasteiger partial charge in [-0.05, 0) is 19.4 Å².